The van der Waals surface area contributed by atoms with E-state index in [-0.39, 0.29) is 6.04 Å². The van der Waals surface area contributed by atoms with Crippen LogP contribution in [0.15, 0.2) is 0 Å². The first-order valence-electron chi connectivity index (χ1n) is 4.21. The largest absolute Gasteiger partial charge is 0.724 e. The van der Waals surface area contributed by atoms with Crippen molar-refractivity contribution in [3.05, 3.63) is 0 Å². The molecule has 0 saturated carbocycles. The number of fused-ring (bicyclic) bond motifs is 2. The second kappa shape index (κ2) is 3.07. The third-order valence-corrected chi connectivity index (χ3v) is 2.70. The molecule has 1 unspecified atom stereocenters. The molecule has 2 aliphatic rings. The van der Waals surface area contributed by atoms with Crippen LogP contribution >= 0.6 is 0 Å². The molecule has 2 rings (SSSR count). The van der Waals surface area contributed by atoms with E-state index >= 15 is 0 Å². The quantitative estimate of drug-likeness (QED) is 0.453. The van der Waals surface area contributed by atoms with Crippen molar-refractivity contribution in [3.8, 4) is 0 Å². The van der Waals surface area contributed by atoms with Gasteiger partial charge in [-0.3, -0.25) is 0 Å². The molecule has 0 spiro atoms. The predicted molar refractivity (Wildman–Crippen MR) is 42.6 cm³/mol. The Morgan fingerprint density at radius 3 is 2.79 bits per heavy atom. The molecule has 14 heavy (non-hydrogen) atoms. The third-order valence-electron chi connectivity index (χ3n) is 2.36. The number of amides is 2. The Morgan fingerprint density at radius 2 is 2.21 bits per heavy atom. The maximum absolute atomic E-state index is 11.4. The van der Waals surface area contributed by atoms with E-state index in [0.29, 0.717) is 24.6 Å². The van der Waals surface area contributed by atoms with Crippen LogP contribution in [0.4, 0.5) is 4.79 Å². The Labute approximate surface area is 81.1 Å². The van der Waals surface area contributed by atoms with Crippen molar-refractivity contribution in [2.45, 2.75) is 18.9 Å². The Kier molecular flexibility index (Phi) is 2.13. The molecule has 2 amide bonds. The molecular weight excluding hydrogens is 212 g/mol. The SMILES string of the molecule is O=C1N2CCCC(C2)N1OS(=O)(=O)[O-]. The number of urea groups is 1. The smallest absolute Gasteiger partial charge is 0.345 e. The van der Waals surface area contributed by atoms with Gasteiger partial charge < -0.3 is 9.45 Å². The van der Waals surface area contributed by atoms with Crippen LogP contribution in [0.25, 0.3) is 0 Å². The Balaban J connectivity index is 2.16. The molecule has 2 saturated heterocycles. The maximum Gasteiger partial charge on any atom is 0.345 e. The minimum Gasteiger partial charge on any atom is -0.724 e. The Bertz CT molecular complexity index is 353. The van der Waals surface area contributed by atoms with Crippen LogP contribution in [-0.2, 0) is 14.7 Å². The Hall–Kier alpha value is -0.860. The van der Waals surface area contributed by atoms with Gasteiger partial charge in [0.05, 0.1) is 6.04 Å². The maximum atomic E-state index is 11.4. The highest BCUT2D eigenvalue weighted by Crippen LogP contribution is 2.25. The van der Waals surface area contributed by atoms with Crippen LogP contribution in [0.1, 0.15) is 12.8 Å². The van der Waals surface area contributed by atoms with Gasteiger partial charge in [-0.2, -0.15) is 9.35 Å². The summed E-state index contributed by atoms with van der Waals surface area (Å²) in [6.07, 6.45) is 1.47. The van der Waals surface area contributed by atoms with Gasteiger partial charge in [0.2, 0.25) is 10.4 Å². The molecule has 0 aromatic carbocycles. The number of hydroxylamine groups is 2. The summed E-state index contributed by atoms with van der Waals surface area (Å²) in [7, 11) is -4.85. The number of hydrogen-bond acceptors (Lipinski definition) is 5. The number of piperidine rings is 1. The van der Waals surface area contributed by atoms with Gasteiger partial charge in [0.1, 0.15) is 0 Å². The van der Waals surface area contributed by atoms with E-state index in [4.69, 9.17) is 0 Å². The van der Waals surface area contributed by atoms with E-state index < -0.39 is 16.4 Å². The zero-order valence-corrected chi connectivity index (χ0v) is 8.07. The number of hydrogen-bond donors (Lipinski definition) is 0. The van der Waals surface area contributed by atoms with Crippen molar-refractivity contribution in [2.75, 3.05) is 13.1 Å². The molecule has 0 aromatic rings. The topological polar surface area (TPSA) is 90.0 Å². The zero-order valence-electron chi connectivity index (χ0n) is 7.25. The normalized spacial score (nSPS) is 27.2. The summed E-state index contributed by atoms with van der Waals surface area (Å²) in [5.41, 5.74) is 0. The molecular formula is C6H9N2O5S-. The molecule has 0 radical (unpaired) electrons. The van der Waals surface area contributed by atoms with Gasteiger partial charge in [0, 0.05) is 13.1 Å². The lowest BCUT2D eigenvalue weighted by atomic mass is 10.1. The summed E-state index contributed by atoms with van der Waals surface area (Å²) < 4.78 is 35.1. The second-order valence-electron chi connectivity index (χ2n) is 3.33. The molecule has 2 bridgehead atoms. The van der Waals surface area contributed by atoms with E-state index in [1.807, 2.05) is 0 Å². The average Bonchev–Trinajstić information content (AvgIpc) is 2.28. The predicted octanol–water partition coefficient (Wildman–Crippen LogP) is -0.722. The summed E-state index contributed by atoms with van der Waals surface area (Å²) >= 11 is 0. The molecule has 2 fully saturated rings. The van der Waals surface area contributed by atoms with E-state index in [9.17, 15) is 17.8 Å². The minimum atomic E-state index is -4.85. The summed E-state index contributed by atoms with van der Waals surface area (Å²) in [6.45, 7) is 1.03. The first kappa shape index (κ1) is 9.69. The molecule has 7 nitrogen and oxygen atoms in total. The number of rotatable bonds is 2. The standard InChI is InChI=1S/C6H10N2O5S/c9-6-7-3-1-2-5(4-7)8(6)13-14(10,11)12/h5H,1-4H2,(H,10,11,12)/p-1. The summed E-state index contributed by atoms with van der Waals surface area (Å²) in [5, 5.41) is 0.676. The van der Waals surface area contributed by atoms with Gasteiger partial charge in [0.15, 0.2) is 0 Å². The molecule has 0 N–H and O–H groups in total. The van der Waals surface area contributed by atoms with Gasteiger partial charge in [-0.1, -0.05) is 0 Å². The first-order valence-corrected chi connectivity index (χ1v) is 5.54. The third kappa shape index (κ3) is 1.68. The monoisotopic (exact) mass is 221 g/mol. The fraction of sp³-hybridized carbons (Fsp3) is 0.833. The fourth-order valence-corrected chi connectivity index (χ4v) is 2.19. The highest BCUT2D eigenvalue weighted by molar-refractivity contribution is 7.80. The lowest BCUT2D eigenvalue weighted by molar-refractivity contribution is -0.0326. The minimum absolute atomic E-state index is 0.306. The Morgan fingerprint density at radius 1 is 1.50 bits per heavy atom. The van der Waals surface area contributed by atoms with E-state index in [2.05, 4.69) is 4.28 Å². The van der Waals surface area contributed by atoms with Gasteiger partial charge in [0.25, 0.3) is 0 Å². The van der Waals surface area contributed by atoms with Gasteiger partial charge in [-0.05, 0) is 12.8 Å². The fourth-order valence-electron chi connectivity index (χ4n) is 1.81. The summed E-state index contributed by atoms with van der Waals surface area (Å²) in [5.74, 6) is 0. The first-order chi connectivity index (χ1) is 6.47. The molecule has 2 aliphatic heterocycles. The molecule has 80 valence electrons. The zero-order chi connectivity index (χ0) is 10.3. The van der Waals surface area contributed by atoms with Crippen LogP contribution < -0.4 is 0 Å². The summed E-state index contributed by atoms with van der Waals surface area (Å²) in [6, 6.07) is -0.841. The molecule has 2 heterocycles. The highest BCUT2D eigenvalue weighted by Gasteiger charge is 2.42. The number of carbonyl (C=O) groups excluding carboxylic acids is 1. The summed E-state index contributed by atoms with van der Waals surface area (Å²) in [4.78, 5) is 12.9. The van der Waals surface area contributed by atoms with Crippen LogP contribution in [0, 0.1) is 0 Å². The van der Waals surface area contributed by atoms with Crippen LogP contribution in [-0.4, -0.2) is 48.1 Å². The van der Waals surface area contributed by atoms with Crippen molar-refractivity contribution >= 4 is 16.4 Å². The molecule has 1 atom stereocenters. The van der Waals surface area contributed by atoms with Gasteiger partial charge in [-0.25, -0.2) is 13.2 Å². The van der Waals surface area contributed by atoms with E-state index in [0.717, 1.165) is 6.42 Å². The molecule has 8 heteroatoms. The van der Waals surface area contributed by atoms with E-state index in [1.54, 1.807) is 0 Å². The van der Waals surface area contributed by atoms with Crippen molar-refractivity contribution in [2.24, 2.45) is 0 Å². The van der Waals surface area contributed by atoms with Crippen LogP contribution in [0.3, 0.4) is 0 Å². The van der Waals surface area contributed by atoms with E-state index in [1.165, 1.54) is 4.90 Å². The van der Waals surface area contributed by atoms with Crippen molar-refractivity contribution in [1.82, 2.24) is 9.96 Å². The lowest BCUT2D eigenvalue weighted by Crippen LogP contribution is -2.35. The lowest BCUT2D eigenvalue weighted by Gasteiger charge is -2.22. The van der Waals surface area contributed by atoms with Crippen LogP contribution in [0.5, 0.6) is 0 Å². The van der Waals surface area contributed by atoms with Crippen LogP contribution in [0.2, 0.25) is 0 Å². The van der Waals surface area contributed by atoms with Crippen molar-refractivity contribution in [1.29, 1.82) is 0 Å². The van der Waals surface area contributed by atoms with Gasteiger partial charge >= 0.3 is 6.03 Å². The number of carbonyl (C=O) groups is 1. The van der Waals surface area contributed by atoms with Crippen molar-refractivity contribution < 1.29 is 22.0 Å². The highest BCUT2D eigenvalue weighted by atomic mass is 32.3. The molecule has 0 aromatic heterocycles. The average molecular weight is 221 g/mol. The second-order valence-corrected chi connectivity index (χ2v) is 4.30. The number of nitrogens with zero attached hydrogens (tertiary/aromatic N) is 2. The van der Waals surface area contributed by atoms with Crippen molar-refractivity contribution in [3.63, 3.8) is 0 Å². The molecule has 0 aliphatic carbocycles. The van der Waals surface area contributed by atoms with Gasteiger partial charge in [-0.15, -0.1) is 0 Å².